The van der Waals surface area contributed by atoms with Gasteiger partial charge in [0.25, 0.3) is 0 Å². The fraction of sp³-hybridized carbons (Fsp3) is 0.455. The van der Waals surface area contributed by atoms with Gasteiger partial charge in [0.15, 0.2) is 0 Å². The normalized spacial score (nSPS) is 17.0. The smallest absolute Gasteiger partial charge is 0.416 e. The van der Waals surface area contributed by atoms with Crippen LogP contribution in [0.1, 0.15) is 42.9 Å². The largest absolute Gasteiger partial charge is 0.496 e. The lowest BCUT2D eigenvalue weighted by Crippen LogP contribution is -2.39. The second-order valence-corrected chi connectivity index (χ2v) is 9.49. The van der Waals surface area contributed by atoms with Gasteiger partial charge in [0.05, 0.1) is 23.6 Å². The van der Waals surface area contributed by atoms with Crippen LogP contribution in [0.5, 0.6) is 5.75 Å². The third-order valence-corrected chi connectivity index (χ3v) is 7.03. The minimum absolute atomic E-state index is 0.0364. The Balaban J connectivity index is 1.86. The van der Waals surface area contributed by atoms with E-state index in [1.165, 1.54) is 19.2 Å². The van der Waals surface area contributed by atoms with E-state index in [4.69, 9.17) is 4.74 Å². The number of sulfonamides is 1. The van der Waals surface area contributed by atoms with Crippen LogP contribution in [0.25, 0.3) is 0 Å². The van der Waals surface area contributed by atoms with Gasteiger partial charge in [0.2, 0.25) is 10.0 Å². The fourth-order valence-corrected chi connectivity index (χ4v) is 4.94. The van der Waals surface area contributed by atoms with Gasteiger partial charge in [-0.1, -0.05) is 18.9 Å². The van der Waals surface area contributed by atoms with Crippen LogP contribution in [0.4, 0.5) is 17.6 Å². The number of ether oxygens (including phenoxy) is 1. The van der Waals surface area contributed by atoms with Crippen LogP contribution in [0.3, 0.4) is 0 Å². The van der Waals surface area contributed by atoms with Crippen LogP contribution >= 0.6 is 0 Å². The van der Waals surface area contributed by atoms with Crippen molar-refractivity contribution in [1.29, 1.82) is 0 Å². The molecule has 1 aliphatic heterocycles. The van der Waals surface area contributed by atoms with Crippen molar-refractivity contribution in [2.45, 2.75) is 42.8 Å². The van der Waals surface area contributed by atoms with E-state index in [0.717, 1.165) is 63.0 Å². The highest BCUT2D eigenvalue weighted by atomic mass is 32.2. The summed E-state index contributed by atoms with van der Waals surface area (Å²) in [6.07, 6.45) is -0.508. The molecule has 2 aromatic carbocycles. The molecule has 0 spiro atoms. The van der Waals surface area contributed by atoms with Crippen molar-refractivity contribution in [2.75, 3.05) is 26.7 Å². The lowest BCUT2D eigenvalue weighted by molar-refractivity contribution is -0.137. The van der Waals surface area contributed by atoms with E-state index >= 15 is 0 Å². The van der Waals surface area contributed by atoms with E-state index in [9.17, 15) is 26.0 Å². The van der Waals surface area contributed by atoms with Gasteiger partial charge >= 0.3 is 6.18 Å². The van der Waals surface area contributed by atoms with Crippen molar-refractivity contribution in [3.05, 3.63) is 59.4 Å². The standard InChI is InChI=1S/C22H26F4N2O3S/c1-31-21-14-17(23)8-11-19(21)20(28-12-4-2-3-5-13-28)15-27-32(29,30)18-9-6-16(7-10-18)22(24,25)26/h6-11,14,20,27H,2-5,12-13,15H2,1H3. The Hall–Kier alpha value is -2.17. The van der Waals surface area contributed by atoms with E-state index < -0.39 is 33.6 Å². The van der Waals surface area contributed by atoms with Crippen molar-refractivity contribution in [3.63, 3.8) is 0 Å². The summed E-state index contributed by atoms with van der Waals surface area (Å²) in [4.78, 5) is 1.88. The summed E-state index contributed by atoms with van der Waals surface area (Å²) < 4.78 is 85.5. The highest BCUT2D eigenvalue weighted by Crippen LogP contribution is 2.32. The van der Waals surface area contributed by atoms with Crippen LogP contribution in [0.15, 0.2) is 47.4 Å². The first kappa shape index (κ1) is 24.5. The molecule has 5 nitrogen and oxygen atoms in total. The molecule has 1 aliphatic rings. The van der Waals surface area contributed by atoms with Crippen LogP contribution in [0.2, 0.25) is 0 Å². The van der Waals surface area contributed by atoms with Gasteiger partial charge in [-0.15, -0.1) is 0 Å². The fourth-order valence-electron chi connectivity index (χ4n) is 3.90. The first-order valence-electron chi connectivity index (χ1n) is 10.4. The molecule has 0 bridgehead atoms. The third-order valence-electron chi connectivity index (χ3n) is 5.59. The molecule has 3 rings (SSSR count). The molecule has 0 saturated carbocycles. The number of likely N-dealkylation sites (tertiary alicyclic amines) is 1. The van der Waals surface area contributed by atoms with Gasteiger partial charge in [0, 0.05) is 18.2 Å². The van der Waals surface area contributed by atoms with Gasteiger partial charge in [-0.25, -0.2) is 17.5 Å². The van der Waals surface area contributed by atoms with E-state index in [0.29, 0.717) is 11.3 Å². The number of hydrogen-bond donors (Lipinski definition) is 1. The Kier molecular flexibility index (Phi) is 7.79. The Morgan fingerprint density at radius 1 is 1.03 bits per heavy atom. The van der Waals surface area contributed by atoms with Crippen molar-refractivity contribution >= 4 is 10.0 Å². The second-order valence-electron chi connectivity index (χ2n) is 7.73. The SMILES string of the molecule is COc1cc(F)ccc1C(CNS(=O)(=O)c1ccc(C(F)(F)F)cc1)N1CCCCCC1. The van der Waals surface area contributed by atoms with Crippen LogP contribution in [-0.4, -0.2) is 40.1 Å². The molecule has 1 saturated heterocycles. The van der Waals surface area contributed by atoms with Crippen LogP contribution in [0, 0.1) is 5.82 Å². The Morgan fingerprint density at radius 3 is 2.22 bits per heavy atom. The first-order chi connectivity index (χ1) is 15.1. The summed E-state index contributed by atoms with van der Waals surface area (Å²) in [5.41, 5.74) is -0.277. The van der Waals surface area contributed by atoms with Crippen molar-refractivity contribution < 1.29 is 30.7 Å². The topological polar surface area (TPSA) is 58.6 Å². The first-order valence-corrected chi connectivity index (χ1v) is 11.8. The summed E-state index contributed by atoms with van der Waals surface area (Å²) >= 11 is 0. The average Bonchev–Trinajstić information content (AvgIpc) is 3.03. The van der Waals surface area contributed by atoms with Crippen molar-refractivity contribution in [1.82, 2.24) is 9.62 Å². The highest BCUT2D eigenvalue weighted by molar-refractivity contribution is 7.89. The summed E-state index contributed by atoms with van der Waals surface area (Å²) in [5, 5.41) is 0. The number of rotatable bonds is 7. The Morgan fingerprint density at radius 2 is 1.66 bits per heavy atom. The zero-order valence-corrected chi connectivity index (χ0v) is 18.5. The molecule has 2 aromatic rings. The highest BCUT2D eigenvalue weighted by Gasteiger charge is 2.31. The molecule has 0 aliphatic carbocycles. The summed E-state index contributed by atoms with van der Waals surface area (Å²) in [6.45, 7) is 1.45. The molecule has 32 heavy (non-hydrogen) atoms. The van der Waals surface area contributed by atoms with Gasteiger partial charge in [0.1, 0.15) is 11.6 Å². The molecule has 1 unspecified atom stereocenters. The number of hydrogen-bond acceptors (Lipinski definition) is 4. The quantitative estimate of drug-likeness (QED) is 0.589. The van der Waals surface area contributed by atoms with E-state index in [-0.39, 0.29) is 11.4 Å². The molecule has 10 heteroatoms. The van der Waals surface area contributed by atoms with E-state index in [1.54, 1.807) is 6.07 Å². The maximum Gasteiger partial charge on any atom is 0.416 e. The maximum absolute atomic E-state index is 13.7. The summed E-state index contributed by atoms with van der Waals surface area (Å²) in [7, 11) is -2.64. The maximum atomic E-state index is 13.7. The number of alkyl halides is 3. The lowest BCUT2D eigenvalue weighted by Gasteiger charge is -2.32. The molecular formula is C22H26F4N2O3S. The number of benzene rings is 2. The monoisotopic (exact) mass is 474 g/mol. The van der Waals surface area contributed by atoms with Crippen LogP contribution < -0.4 is 9.46 Å². The molecule has 0 amide bonds. The number of nitrogens with one attached hydrogen (secondary N) is 1. The van der Waals surface area contributed by atoms with Crippen molar-refractivity contribution in [3.8, 4) is 5.75 Å². The van der Waals surface area contributed by atoms with Gasteiger partial charge in [-0.3, -0.25) is 4.90 Å². The predicted molar refractivity (Wildman–Crippen MR) is 112 cm³/mol. The zero-order chi connectivity index (χ0) is 23.4. The summed E-state index contributed by atoms with van der Waals surface area (Å²) in [5.74, 6) is -0.154. The molecule has 0 radical (unpaired) electrons. The van der Waals surface area contributed by atoms with Gasteiger partial charge in [-0.2, -0.15) is 13.2 Å². The van der Waals surface area contributed by atoms with Gasteiger partial charge in [-0.05, 0) is 56.3 Å². The molecule has 0 aromatic heterocycles. The average molecular weight is 475 g/mol. The molecule has 1 fully saturated rings. The van der Waals surface area contributed by atoms with E-state index in [2.05, 4.69) is 9.62 Å². The summed E-state index contributed by atoms with van der Waals surface area (Å²) in [6, 6.07) is 7.06. The third kappa shape index (κ3) is 5.99. The molecular weight excluding hydrogens is 448 g/mol. The van der Waals surface area contributed by atoms with Crippen LogP contribution in [-0.2, 0) is 16.2 Å². The molecule has 1 heterocycles. The lowest BCUT2D eigenvalue weighted by atomic mass is 10.0. The van der Waals surface area contributed by atoms with E-state index in [1.807, 2.05) is 0 Å². The molecule has 176 valence electrons. The second kappa shape index (κ2) is 10.2. The molecule has 1 N–H and O–H groups in total. The Labute approximate surface area is 185 Å². The molecule has 1 atom stereocenters. The predicted octanol–water partition coefficient (Wildman–Crippen LogP) is 4.75. The van der Waals surface area contributed by atoms with Crippen molar-refractivity contribution in [2.24, 2.45) is 0 Å². The number of nitrogens with zero attached hydrogens (tertiary/aromatic N) is 1. The minimum Gasteiger partial charge on any atom is -0.496 e. The number of halogens is 4. The Bertz CT molecular complexity index is 1000. The zero-order valence-electron chi connectivity index (χ0n) is 17.7. The minimum atomic E-state index is -4.55. The van der Waals surface area contributed by atoms with Gasteiger partial charge < -0.3 is 4.74 Å². The number of methoxy groups -OCH3 is 1.